The SMILES string of the molecule is CC(=O)Nc1cccc2c1C(=O)C(C(=O)c1cccnc1)C2=O. The summed E-state index contributed by atoms with van der Waals surface area (Å²) in [6.45, 7) is 1.30. The minimum absolute atomic E-state index is 0.0925. The molecule has 0 bridgehead atoms. The molecule has 2 aromatic rings. The van der Waals surface area contributed by atoms with Crippen LogP contribution < -0.4 is 5.32 Å². The van der Waals surface area contributed by atoms with E-state index < -0.39 is 23.3 Å². The third-order valence-corrected chi connectivity index (χ3v) is 3.62. The summed E-state index contributed by atoms with van der Waals surface area (Å²) in [4.78, 5) is 52.7. The van der Waals surface area contributed by atoms with E-state index in [1.165, 1.54) is 37.5 Å². The molecule has 1 N–H and O–H groups in total. The first-order valence-corrected chi connectivity index (χ1v) is 6.94. The summed E-state index contributed by atoms with van der Waals surface area (Å²) < 4.78 is 0. The molecule has 114 valence electrons. The number of rotatable bonds is 3. The summed E-state index contributed by atoms with van der Waals surface area (Å²) in [5.74, 6) is -3.50. The fraction of sp³-hybridized carbons (Fsp3) is 0.118. The summed E-state index contributed by atoms with van der Waals surface area (Å²) in [6, 6.07) is 7.65. The smallest absolute Gasteiger partial charge is 0.221 e. The number of anilines is 1. The second-order valence-corrected chi connectivity index (χ2v) is 5.18. The number of nitrogens with one attached hydrogen (secondary N) is 1. The molecule has 1 unspecified atom stereocenters. The van der Waals surface area contributed by atoms with Gasteiger partial charge in [-0.3, -0.25) is 24.2 Å². The van der Waals surface area contributed by atoms with Crippen molar-refractivity contribution in [3.63, 3.8) is 0 Å². The Morgan fingerprint density at radius 2 is 1.87 bits per heavy atom. The van der Waals surface area contributed by atoms with Gasteiger partial charge < -0.3 is 5.32 Å². The van der Waals surface area contributed by atoms with Crippen molar-refractivity contribution >= 4 is 28.9 Å². The van der Waals surface area contributed by atoms with Gasteiger partial charge >= 0.3 is 0 Å². The summed E-state index contributed by atoms with van der Waals surface area (Å²) in [7, 11) is 0. The molecule has 0 radical (unpaired) electrons. The maximum atomic E-state index is 12.6. The van der Waals surface area contributed by atoms with Gasteiger partial charge in [0.25, 0.3) is 0 Å². The first-order valence-electron chi connectivity index (χ1n) is 6.94. The molecule has 0 saturated carbocycles. The van der Waals surface area contributed by atoms with Crippen LogP contribution in [0.2, 0.25) is 0 Å². The number of hydrogen-bond donors (Lipinski definition) is 1. The quantitative estimate of drug-likeness (QED) is 0.690. The number of hydrogen-bond acceptors (Lipinski definition) is 5. The lowest BCUT2D eigenvalue weighted by atomic mass is 9.94. The van der Waals surface area contributed by atoms with Gasteiger partial charge in [0.05, 0.1) is 11.3 Å². The topological polar surface area (TPSA) is 93.2 Å². The van der Waals surface area contributed by atoms with Gasteiger partial charge in [-0.1, -0.05) is 12.1 Å². The number of amides is 1. The largest absolute Gasteiger partial charge is 0.326 e. The van der Waals surface area contributed by atoms with Crippen LogP contribution in [-0.4, -0.2) is 28.2 Å². The van der Waals surface area contributed by atoms with Gasteiger partial charge in [0, 0.05) is 30.4 Å². The van der Waals surface area contributed by atoms with Crippen molar-refractivity contribution in [1.29, 1.82) is 0 Å². The zero-order valence-electron chi connectivity index (χ0n) is 12.2. The average molecular weight is 308 g/mol. The molecule has 0 aliphatic heterocycles. The van der Waals surface area contributed by atoms with Gasteiger partial charge in [0.1, 0.15) is 5.92 Å². The lowest BCUT2D eigenvalue weighted by Gasteiger charge is -2.07. The molecule has 3 rings (SSSR count). The van der Waals surface area contributed by atoms with Gasteiger partial charge in [-0.25, -0.2) is 0 Å². The van der Waals surface area contributed by atoms with Crippen molar-refractivity contribution in [3.05, 3.63) is 59.4 Å². The molecule has 1 aliphatic carbocycles. The van der Waals surface area contributed by atoms with Crippen molar-refractivity contribution < 1.29 is 19.2 Å². The van der Waals surface area contributed by atoms with Crippen LogP contribution in [0.15, 0.2) is 42.7 Å². The number of pyridine rings is 1. The molecule has 1 heterocycles. The Labute approximate surface area is 131 Å². The van der Waals surface area contributed by atoms with Crippen molar-refractivity contribution in [1.82, 2.24) is 4.98 Å². The predicted molar refractivity (Wildman–Crippen MR) is 81.5 cm³/mol. The van der Waals surface area contributed by atoms with E-state index in [2.05, 4.69) is 10.3 Å². The molecular formula is C17H12N2O4. The summed E-state index contributed by atoms with van der Waals surface area (Å²) in [6.07, 6.45) is 2.82. The van der Waals surface area contributed by atoms with E-state index in [0.717, 1.165) is 0 Å². The Kier molecular flexibility index (Phi) is 3.57. The van der Waals surface area contributed by atoms with Gasteiger partial charge in [-0.2, -0.15) is 0 Å². The zero-order valence-corrected chi connectivity index (χ0v) is 12.2. The average Bonchev–Trinajstić information content (AvgIpc) is 2.79. The summed E-state index contributed by atoms with van der Waals surface area (Å²) in [5, 5.41) is 2.52. The first-order chi connectivity index (χ1) is 11.0. The Balaban J connectivity index is 2.04. The number of Topliss-reactive ketones (excluding diaryl/α,β-unsaturated/α-hetero) is 3. The summed E-state index contributed by atoms with van der Waals surface area (Å²) in [5.41, 5.74) is 0.696. The molecule has 6 nitrogen and oxygen atoms in total. The number of ketones is 3. The Hall–Kier alpha value is -3.15. The molecule has 23 heavy (non-hydrogen) atoms. The molecule has 6 heteroatoms. The number of carbonyl (C=O) groups excluding carboxylic acids is 4. The van der Waals surface area contributed by atoms with Crippen molar-refractivity contribution in [2.75, 3.05) is 5.32 Å². The maximum absolute atomic E-state index is 12.6. The second kappa shape index (κ2) is 5.57. The van der Waals surface area contributed by atoms with Gasteiger partial charge in [-0.15, -0.1) is 0 Å². The number of carbonyl (C=O) groups is 4. The fourth-order valence-corrected chi connectivity index (χ4v) is 2.65. The van der Waals surface area contributed by atoms with E-state index in [-0.39, 0.29) is 28.3 Å². The van der Waals surface area contributed by atoms with Gasteiger partial charge in [0.2, 0.25) is 5.91 Å². The Bertz CT molecular complexity index is 843. The van der Waals surface area contributed by atoms with Crippen LogP contribution in [0.4, 0.5) is 5.69 Å². The highest BCUT2D eigenvalue weighted by molar-refractivity contribution is 6.39. The highest BCUT2D eigenvalue weighted by Crippen LogP contribution is 2.34. The molecule has 0 fully saturated rings. The van der Waals surface area contributed by atoms with E-state index in [1.54, 1.807) is 12.1 Å². The minimum atomic E-state index is -1.41. The third kappa shape index (κ3) is 2.44. The van der Waals surface area contributed by atoms with Crippen LogP contribution in [0.1, 0.15) is 38.0 Å². The van der Waals surface area contributed by atoms with Crippen LogP contribution in [-0.2, 0) is 4.79 Å². The number of benzene rings is 1. The highest BCUT2D eigenvalue weighted by atomic mass is 16.2. The second-order valence-electron chi connectivity index (χ2n) is 5.18. The summed E-state index contributed by atoms with van der Waals surface area (Å²) >= 11 is 0. The van der Waals surface area contributed by atoms with Crippen LogP contribution >= 0.6 is 0 Å². The standard InChI is InChI=1S/C17H12N2O4/c1-9(20)19-12-6-2-5-11-13(12)17(23)14(16(11)22)15(21)10-4-3-7-18-8-10/h2-8,14H,1H3,(H,19,20). The highest BCUT2D eigenvalue weighted by Gasteiger charge is 2.44. The number of aromatic nitrogens is 1. The number of nitrogens with zero attached hydrogens (tertiary/aromatic N) is 1. The molecule has 1 amide bonds. The van der Waals surface area contributed by atoms with Gasteiger partial charge in [-0.05, 0) is 18.2 Å². The van der Waals surface area contributed by atoms with Crippen LogP contribution in [0.5, 0.6) is 0 Å². The molecule has 1 aromatic carbocycles. The van der Waals surface area contributed by atoms with Crippen molar-refractivity contribution in [3.8, 4) is 0 Å². The maximum Gasteiger partial charge on any atom is 0.221 e. The lowest BCUT2D eigenvalue weighted by molar-refractivity contribution is -0.114. The van der Waals surface area contributed by atoms with E-state index in [0.29, 0.717) is 0 Å². The number of fused-ring (bicyclic) bond motifs is 1. The fourth-order valence-electron chi connectivity index (χ4n) is 2.65. The first kappa shape index (κ1) is 14.8. The van der Waals surface area contributed by atoms with E-state index in [1.807, 2.05) is 0 Å². The Morgan fingerprint density at radius 3 is 2.52 bits per heavy atom. The van der Waals surface area contributed by atoms with Crippen LogP contribution in [0.25, 0.3) is 0 Å². The molecule has 0 spiro atoms. The normalized spacial score (nSPS) is 16.1. The molecule has 1 aliphatic rings. The molecule has 1 atom stereocenters. The van der Waals surface area contributed by atoms with Gasteiger partial charge in [0.15, 0.2) is 17.3 Å². The van der Waals surface area contributed by atoms with E-state index in [9.17, 15) is 19.2 Å². The third-order valence-electron chi connectivity index (χ3n) is 3.62. The Morgan fingerprint density at radius 1 is 1.09 bits per heavy atom. The molecule has 1 aromatic heterocycles. The van der Waals surface area contributed by atoms with Crippen molar-refractivity contribution in [2.24, 2.45) is 5.92 Å². The van der Waals surface area contributed by atoms with E-state index >= 15 is 0 Å². The molecular weight excluding hydrogens is 296 g/mol. The van der Waals surface area contributed by atoms with Crippen LogP contribution in [0.3, 0.4) is 0 Å². The molecule has 0 saturated heterocycles. The zero-order chi connectivity index (χ0) is 16.6. The van der Waals surface area contributed by atoms with Crippen LogP contribution in [0, 0.1) is 5.92 Å². The minimum Gasteiger partial charge on any atom is -0.326 e. The predicted octanol–water partition coefficient (Wildman–Crippen LogP) is 1.92. The van der Waals surface area contributed by atoms with E-state index in [4.69, 9.17) is 0 Å². The monoisotopic (exact) mass is 308 g/mol. The van der Waals surface area contributed by atoms with Crippen molar-refractivity contribution in [2.45, 2.75) is 6.92 Å². The lowest BCUT2D eigenvalue weighted by Crippen LogP contribution is -2.26.